The molecule has 1 aromatic heterocycles. The van der Waals surface area contributed by atoms with Crippen molar-refractivity contribution in [1.82, 2.24) is 4.98 Å². The lowest BCUT2D eigenvalue weighted by atomic mass is 10.3. The minimum Gasteiger partial charge on any atom is -0.370 e. The molecule has 1 heterocycles. The summed E-state index contributed by atoms with van der Waals surface area (Å²) in [6.45, 7) is 4.83. The number of hydrogen-bond acceptors (Lipinski definition) is 3. The molecule has 0 atom stereocenters. The summed E-state index contributed by atoms with van der Waals surface area (Å²) in [5.74, 6) is 0.147. The zero-order valence-corrected chi connectivity index (χ0v) is 12.1. The molecular weight excluding hydrogens is 323 g/mol. The average Bonchev–Trinajstić information content (AvgIpc) is 2.45. The molecule has 0 aliphatic carbocycles. The minimum atomic E-state index is 0. The van der Waals surface area contributed by atoms with Crippen molar-refractivity contribution in [2.45, 2.75) is 26.7 Å². The highest BCUT2D eigenvalue weighted by molar-refractivity contribution is 14.0. The van der Waals surface area contributed by atoms with Gasteiger partial charge in [0.1, 0.15) is 0 Å². The van der Waals surface area contributed by atoms with Crippen LogP contribution in [0.5, 0.6) is 0 Å². The summed E-state index contributed by atoms with van der Waals surface area (Å²) in [7, 11) is 0. The molecule has 0 bridgehead atoms. The molecule has 0 aliphatic rings. The maximum atomic E-state index is 5.23. The summed E-state index contributed by atoms with van der Waals surface area (Å²) in [4.78, 5) is 9.71. The molecule has 0 amide bonds. The lowest BCUT2D eigenvalue weighted by Crippen LogP contribution is -2.23. The van der Waals surface area contributed by atoms with E-state index in [9.17, 15) is 0 Å². The lowest BCUT2D eigenvalue weighted by Gasteiger charge is -1.92. The van der Waals surface area contributed by atoms with Crippen molar-refractivity contribution in [3.05, 3.63) is 15.6 Å². The van der Waals surface area contributed by atoms with E-state index in [4.69, 9.17) is 11.5 Å². The van der Waals surface area contributed by atoms with Crippen molar-refractivity contribution in [2.24, 2.45) is 16.5 Å². The Morgan fingerprint density at radius 1 is 1.47 bits per heavy atom. The molecule has 4 nitrogen and oxygen atoms in total. The van der Waals surface area contributed by atoms with E-state index >= 15 is 0 Å². The van der Waals surface area contributed by atoms with Gasteiger partial charge in [0.05, 0.1) is 10.7 Å². The minimum absolute atomic E-state index is 0. The van der Waals surface area contributed by atoms with Gasteiger partial charge >= 0.3 is 0 Å². The molecule has 4 N–H and O–H groups in total. The predicted molar refractivity (Wildman–Crippen MR) is 76.0 cm³/mol. The van der Waals surface area contributed by atoms with Crippen LogP contribution in [0.3, 0.4) is 0 Å². The highest BCUT2D eigenvalue weighted by Crippen LogP contribution is 2.18. The summed E-state index contributed by atoms with van der Waals surface area (Å²) in [5, 5.41) is 1.12. The Hall–Kier alpha value is -0.370. The Kier molecular flexibility index (Phi) is 6.82. The molecule has 0 saturated carbocycles. The lowest BCUT2D eigenvalue weighted by molar-refractivity contribution is 0.924. The molecule has 0 unspecified atom stereocenters. The fourth-order valence-corrected chi connectivity index (χ4v) is 2.21. The van der Waals surface area contributed by atoms with E-state index < -0.39 is 0 Å². The van der Waals surface area contributed by atoms with E-state index in [-0.39, 0.29) is 29.9 Å². The second kappa shape index (κ2) is 7.00. The topological polar surface area (TPSA) is 77.3 Å². The smallest absolute Gasteiger partial charge is 0.185 e. The van der Waals surface area contributed by atoms with Crippen LogP contribution in [-0.4, -0.2) is 17.5 Å². The predicted octanol–water partition coefficient (Wildman–Crippen LogP) is 1.45. The first kappa shape index (κ1) is 14.6. The molecule has 0 aromatic carbocycles. The van der Waals surface area contributed by atoms with Crippen LogP contribution < -0.4 is 11.5 Å². The number of thiazole rings is 1. The molecule has 0 aliphatic heterocycles. The maximum Gasteiger partial charge on any atom is 0.185 e. The number of rotatable bonds is 4. The third kappa shape index (κ3) is 4.78. The third-order valence-electron chi connectivity index (χ3n) is 1.89. The van der Waals surface area contributed by atoms with Gasteiger partial charge in [-0.05, 0) is 13.3 Å². The Balaban J connectivity index is 0.00000196. The van der Waals surface area contributed by atoms with Crippen molar-refractivity contribution in [3.63, 3.8) is 0 Å². The molecule has 1 aromatic rings. The number of halogens is 1. The third-order valence-corrected chi connectivity index (χ3v) is 2.96. The van der Waals surface area contributed by atoms with E-state index in [1.807, 2.05) is 0 Å². The van der Waals surface area contributed by atoms with Crippen molar-refractivity contribution in [2.75, 3.05) is 6.54 Å². The van der Waals surface area contributed by atoms with Crippen LogP contribution in [-0.2, 0) is 12.8 Å². The van der Waals surface area contributed by atoms with Crippen LogP contribution in [0.25, 0.3) is 0 Å². The zero-order valence-electron chi connectivity index (χ0n) is 8.99. The van der Waals surface area contributed by atoms with Gasteiger partial charge in [-0.1, -0.05) is 6.92 Å². The maximum absolute atomic E-state index is 5.23. The van der Waals surface area contributed by atoms with Gasteiger partial charge in [-0.2, -0.15) is 0 Å². The second-order valence-corrected chi connectivity index (χ2v) is 4.31. The Morgan fingerprint density at radius 3 is 2.60 bits per heavy atom. The quantitative estimate of drug-likeness (QED) is 0.495. The van der Waals surface area contributed by atoms with Gasteiger partial charge in [-0.25, -0.2) is 4.98 Å². The van der Waals surface area contributed by atoms with E-state index in [2.05, 4.69) is 23.8 Å². The summed E-state index contributed by atoms with van der Waals surface area (Å²) in [6, 6.07) is 0. The Bertz CT molecular complexity index is 331. The zero-order chi connectivity index (χ0) is 10.6. The number of guanidine groups is 1. The highest BCUT2D eigenvalue weighted by atomic mass is 127. The van der Waals surface area contributed by atoms with Crippen LogP contribution >= 0.6 is 35.3 Å². The van der Waals surface area contributed by atoms with E-state index in [1.165, 1.54) is 10.6 Å². The second-order valence-electron chi connectivity index (χ2n) is 3.02. The van der Waals surface area contributed by atoms with Crippen LogP contribution in [0.1, 0.15) is 22.5 Å². The number of nitrogens with zero attached hydrogens (tertiary/aromatic N) is 2. The largest absolute Gasteiger partial charge is 0.370 e. The molecule has 15 heavy (non-hydrogen) atoms. The van der Waals surface area contributed by atoms with Gasteiger partial charge in [0.25, 0.3) is 0 Å². The molecule has 0 fully saturated rings. The van der Waals surface area contributed by atoms with E-state index in [0.29, 0.717) is 6.54 Å². The Labute approximate surface area is 111 Å². The summed E-state index contributed by atoms with van der Waals surface area (Å²) in [5.41, 5.74) is 11.6. The molecule has 0 saturated heterocycles. The number of aromatic nitrogens is 1. The van der Waals surface area contributed by atoms with Crippen molar-refractivity contribution < 1.29 is 0 Å². The first-order valence-electron chi connectivity index (χ1n) is 4.64. The summed E-state index contributed by atoms with van der Waals surface area (Å²) >= 11 is 1.73. The average molecular weight is 340 g/mol. The fraction of sp³-hybridized carbons (Fsp3) is 0.556. The molecular formula is C9H17IN4S. The monoisotopic (exact) mass is 340 g/mol. The Morgan fingerprint density at radius 2 is 2.13 bits per heavy atom. The summed E-state index contributed by atoms with van der Waals surface area (Å²) < 4.78 is 0. The van der Waals surface area contributed by atoms with Gasteiger partial charge in [0, 0.05) is 17.8 Å². The number of aryl methyl sites for hydroxylation is 2. The molecule has 0 radical (unpaired) electrons. The number of hydrogen-bond donors (Lipinski definition) is 2. The standard InChI is InChI=1S/C9H16N4S.HI/c1-3-7-6(2)14-8(13-7)4-5-12-9(10)11;/h3-5H2,1-2H3,(H4,10,11,12);1H. The van der Waals surface area contributed by atoms with Crippen LogP contribution in [0.2, 0.25) is 0 Å². The van der Waals surface area contributed by atoms with Gasteiger partial charge in [0.15, 0.2) is 5.96 Å². The molecule has 1 rings (SSSR count). The van der Waals surface area contributed by atoms with Crippen LogP contribution in [0.15, 0.2) is 4.99 Å². The van der Waals surface area contributed by atoms with E-state index in [1.54, 1.807) is 11.3 Å². The number of nitrogens with two attached hydrogens (primary N) is 2. The van der Waals surface area contributed by atoms with Gasteiger partial charge < -0.3 is 11.5 Å². The first-order valence-corrected chi connectivity index (χ1v) is 5.45. The van der Waals surface area contributed by atoms with Gasteiger partial charge in [-0.15, -0.1) is 35.3 Å². The van der Waals surface area contributed by atoms with Crippen LogP contribution in [0.4, 0.5) is 0 Å². The van der Waals surface area contributed by atoms with Crippen molar-refractivity contribution in [1.29, 1.82) is 0 Å². The van der Waals surface area contributed by atoms with Gasteiger partial charge in [-0.3, -0.25) is 4.99 Å². The van der Waals surface area contributed by atoms with E-state index in [0.717, 1.165) is 17.8 Å². The first-order chi connectivity index (χ1) is 6.63. The SMILES string of the molecule is CCc1nc(CCN=C(N)N)sc1C.I. The molecule has 86 valence electrons. The van der Waals surface area contributed by atoms with Crippen LogP contribution in [0, 0.1) is 6.92 Å². The number of aliphatic imine (C=N–C) groups is 1. The molecule has 6 heteroatoms. The fourth-order valence-electron chi connectivity index (χ4n) is 1.20. The summed E-state index contributed by atoms with van der Waals surface area (Å²) in [6.07, 6.45) is 1.81. The highest BCUT2D eigenvalue weighted by Gasteiger charge is 2.04. The normalized spacial score (nSPS) is 9.47. The van der Waals surface area contributed by atoms with Gasteiger partial charge in [0.2, 0.25) is 0 Å². The van der Waals surface area contributed by atoms with Crippen molar-refractivity contribution >= 4 is 41.3 Å². The van der Waals surface area contributed by atoms with Crippen molar-refractivity contribution in [3.8, 4) is 0 Å². The molecule has 0 spiro atoms.